The third-order valence-corrected chi connectivity index (χ3v) is 6.73. The fourth-order valence-electron chi connectivity index (χ4n) is 4.89. The maximum absolute atomic E-state index is 13.0. The number of carbonyl (C=O) groups is 4. The molecule has 2 atom stereocenters. The highest BCUT2D eigenvalue weighted by Crippen LogP contribution is 2.38. The van der Waals surface area contributed by atoms with Crippen LogP contribution in [-0.4, -0.2) is 57.0 Å². The van der Waals surface area contributed by atoms with Crippen LogP contribution in [0.25, 0.3) is 5.82 Å². The number of nitrogens with one attached hydrogen (secondary N) is 1. The van der Waals surface area contributed by atoms with Crippen LogP contribution in [0.2, 0.25) is 0 Å². The first kappa shape index (κ1) is 22.8. The van der Waals surface area contributed by atoms with Crippen molar-refractivity contribution in [3.8, 4) is 5.82 Å². The molecule has 1 aliphatic heterocycles. The number of carbonyl (C=O) groups excluding carboxylic acids is 4. The number of ketones is 1. The quantitative estimate of drug-likeness (QED) is 0.402. The van der Waals surface area contributed by atoms with Gasteiger partial charge in [0.2, 0.25) is 5.78 Å². The molecule has 0 bridgehead atoms. The van der Waals surface area contributed by atoms with Crippen molar-refractivity contribution in [2.45, 2.75) is 58.9 Å². The van der Waals surface area contributed by atoms with E-state index in [0.29, 0.717) is 29.3 Å². The molecule has 33 heavy (non-hydrogen) atoms. The second-order valence-corrected chi connectivity index (χ2v) is 8.94. The molecular weight excluding hydrogens is 428 g/mol. The predicted molar refractivity (Wildman–Crippen MR) is 116 cm³/mol. The molecule has 1 spiro atoms. The molecule has 1 saturated heterocycles. The van der Waals surface area contributed by atoms with E-state index in [2.05, 4.69) is 10.5 Å². The van der Waals surface area contributed by atoms with Crippen LogP contribution in [0, 0.1) is 26.7 Å². The fraction of sp³-hybridized carbons (Fsp3) is 0.522. The summed E-state index contributed by atoms with van der Waals surface area (Å²) in [5.41, 5.74) is 0.874. The summed E-state index contributed by atoms with van der Waals surface area (Å²) < 4.78 is 12.0. The molecule has 0 radical (unpaired) electrons. The van der Waals surface area contributed by atoms with E-state index in [-0.39, 0.29) is 5.92 Å². The second-order valence-electron chi connectivity index (χ2n) is 8.94. The maximum atomic E-state index is 13.0. The average molecular weight is 456 g/mol. The van der Waals surface area contributed by atoms with Gasteiger partial charge in [-0.2, -0.15) is 0 Å². The number of hydrogen-bond donors (Lipinski definition) is 1. The van der Waals surface area contributed by atoms with Crippen LogP contribution in [0.15, 0.2) is 16.7 Å². The van der Waals surface area contributed by atoms with Crippen molar-refractivity contribution in [2.75, 3.05) is 13.2 Å². The van der Waals surface area contributed by atoms with Crippen molar-refractivity contribution in [1.29, 1.82) is 0 Å². The fourth-order valence-corrected chi connectivity index (χ4v) is 4.89. The number of esters is 1. The van der Waals surface area contributed by atoms with E-state index < -0.39 is 42.4 Å². The zero-order valence-corrected chi connectivity index (χ0v) is 19.3. The lowest BCUT2D eigenvalue weighted by Gasteiger charge is -2.36. The van der Waals surface area contributed by atoms with Crippen LogP contribution >= 0.6 is 0 Å². The Morgan fingerprint density at radius 1 is 1.24 bits per heavy atom. The van der Waals surface area contributed by atoms with Gasteiger partial charge in [0.15, 0.2) is 12.4 Å². The minimum absolute atomic E-state index is 0.00551. The van der Waals surface area contributed by atoms with Crippen molar-refractivity contribution in [3.63, 3.8) is 0 Å². The van der Waals surface area contributed by atoms with Crippen molar-refractivity contribution in [3.05, 3.63) is 34.8 Å². The molecule has 2 aromatic rings. The summed E-state index contributed by atoms with van der Waals surface area (Å²) in [5.74, 6) is -0.401. The first-order valence-corrected chi connectivity index (χ1v) is 11.1. The molecule has 3 amide bonds. The Morgan fingerprint density at radius 2 is 2.00 bits per heavy atom. The molecule has 1 N–H and O–H groups in total. The molecular formula is C23H28N4O6. The van der Waals surface area contributed by atoms with Crippen LogP contribution < -0.4 is 5.32 Å². The van der Waals surface area contributed by atoms with Crippen molar-refractivity contribution in [1.82, 2.24) is 19.9 Å². The van der Waals surface area contributed by atoms with Gasteiger partial charge in [0, 0.05) is 23.0 Å². The monoisotopic (exact) mass is 456 g/mol. The summed E-state index contributed by atoms with van der Waals surface area (Å²) in [7, 11) is 0. The van der Waals surface area contributed by atoms with Crippen molar-refractivity contribution >= 4 is 23.7 Å². The van der Waals surface area contributed by atoms with Crippen LogP contribution in [-0.2, 0) is 14.3 Å². The summed E-state index contributed by atoms with van der Waals surface area (Å²) in [6.45, 7) is 6.30. The summed E-state index contributed by atoms with van der Waals surface area (Å²) in [4.78, 5) is 51.4. The Balaban J connectivity index is 1.39. The molecule has 10 heteroatoms. The maximum Gasteiger partial charge on any atom is 0.326 e. The summed E-state index contributed by atoms with van der Waals surface area (Å²) in [6.07, 6.45) is 3.25. The molecule has 176 valence electrons. The number of imide groups is 1. The number of amides is 3. The van der Waals surface area contributed by atoms with E-state index in [9.17, 15) is 19.2 Å². The largest absolute Gasteiger partial charge is 0.456 e. The minimum Gasteiger partial charge on any atom is -0.456 e. The van der Waals surface area contributed by atoms with Gasteiger partial charge in [-0.3, -0.25) is 23.9 Å². The van der Waals surface area contributed by atoms with Crippen LogP contribution in [0.3, 0.4) is 0 Å². The van der Waals surface area contributed by atoms with Gasteiger partial charge in [0.1, 0.15) is 17.8 Å². The minimum atomic E-state index is -0.942. The third kappa shape index (κ3) is 3.94. The number of hydrogen-bond acceptors (Lipinski definition) is 7. The Morgan fingerprint density at radius 3 is 2.67 bits per heavy atom. The van der Waals surface area contributed by atoms with Gasteiger partial charge in [-0.15, -0.1) is 0 Å². The summed E-state index contributed by atoms with van der Waals surface area (Å²) in [6, 6.07) is 2.86. The van der Waals surface area contributed by atoms with E-state index in [1.165, 1.54) is 0 Å². The molecule has 2 aromatic heterocycles. The number of urea groups is 1. The first-order valence-electron chi connectivity index (χ1n) is 11.1. The van der Waals surface area contributed by atoms with Crippen molar-refractivity contribution < 1.29 is 28.4 Å². The molecule has 1 saturated carbocycles. The van der Waals surface area contributed by atoms with Gasteiger partial charge in [-0.25, -0.2) is 4.79 Å². The van der Waals surface area contributed by atoms with Gasteiger partial charge in [-0.1, -0.05) is 24.9 Å². The number of aromatic nitrogens is 2. The Hall–Kier alpha value is -3.43. The van der Waals surface area contributed by atoms with Crippen LogP contribution in [0.5, 0.6) is 0 Å². The predicted octanol–water partition coefficient (Wildman–Crippen LogP) is 2.62. The Bertz CT molecular complexity index is 1130. The normalized spacial score (nSPS) is 22.7. The zero-order chi connectivity index (χ0) is 23.9. The van der Waals surface area contributed by atoms with E-state index in [0.717, 1.165) is 29.9 Å². The van der Waals surface area contributed by atoms with E-state index in [1.807, 2.05) is 13.8 Å². The first-order chi connectivity index (χ1) is 15.6. The van der Waals surface area contributed by atoms with E-state index in [1.54, 1.807) is 30.5 Å². The van der Waals surface area contributed by atoms with E-state index >= 15 is 0 Å². The number of rotatable bonds is 6. The lowest BCUT2D eigenvalue weighted by Crippen LogP contribution is -2.54. The molecule has 3 heterocycles. The van der Waals surface area contributed by atoms with Gasteiger partial charge >= 0.3 is 12.0 Å². The topological polar surface area (TPSA) is 124 Å². The smallest absolute Gasteiger partial charge is 0.326 e. The molecule has 0 aromatic carbocycles. The lowest BCUT2D eigenvalue weighted by molar-refractivity contribution is -0.147. The molecule has 10 nitrogen and oxygen atoms in total. The zero-order valence-electron chi connectivity index (χ0n) is 19.3. The number of ether oxygens (including phenoxy) is 1. The summed E-state index contributed by atoms with van der Waals surface area (Å²) >= 11 is 0. The standard InChI is InChI=1S/C23H28N4O6/c1-13-7-5-6-8-23(13)21(30)26(22(31)24-23)11-20(29)32-12-18(28)17-9-14(2)27(16(17)4)19-10-15(3)33-25-19/h9-10,13H,5-8,11-12H2,1-4H3,(H,24,31)/t13-,23+/m1/s1. The molecule has 2 aliphatic rings. The molecule has 1 aliphatic carbocycles. The Labute approximate surface area is 191 Å². The second kappa shape index (κ2) is 8.49. The number of aryl methyl sites for hydroxylation is 2. The Kier molecular flexibility index (Phi) is 5.85. The van der Waals surface area contributed by atoms with Gasteiger partial charge in [-0.05, 0) is 45.6 Å². The van der Waals surface area contributed by atoms with E-state index in [4.69, 9.17) is 9.26 Å². The molecule has 4 rings (SSSR count). The number of Topliss-reactive ketones (excluding diaryl/α,β-unsaturated/α-hetero) is 1. The summed E-state index contributed by atoms with van der Waals surface area (Å²) in [5, 5.41) is 6.78. The van der Waals surface area contributed by atoms with Gasteiger partial charge in [0.05, 0.1) is 0 Å². The van der Waals surface area contributed by atoms with Gasteiger partial charge in [0.25, 0.3) is 5.91 Å². The third-order valence-electron chi connectivity index (χ3n) is 6.73. The lowest BCUT2D eigenvalue weighted by atomic mass is 9.73. The highest BCUT2D eigenvalue weighted by Gasteiger charge is 2.55. The van der Waals surface area contributed by atoms with Crippen LogP contribution in [0.1, 0.15) is 60.1 Å². The molecule has 0 unspecified atom stereocenters. The highest BCUT2D eigenvalue weighted by atomic mass is 16.5. The molecule has 2 fully saturated rings. The van der Waals surface area contributed by atoms with Gasteiger partial charge < -0.3 is 14.6 Å². The van der Waals surface area contributed by atoms with Crippen LogP contribution in [0.4, 0.5) is 4.79 Å². The average Bonchev–Trinajstić information content (AvgIpc) is 3.39. The van der Waals surface area contributed by atoms with Crippen molar-refractivity contribution in [2.24, 2.45) is 5.92 Å². The highest BCUT2D eigenvalue weighted by molar-refractivity contribution is 6.09. The SMILES string of the molecule is Cc1cc(-n2c(C)cc(C(=O)COC(=O)CN3C(=O)N[C@]4(CCCC[C@H]4C)C3=O)c2C)no1. The number of nitrogens with zero attached hydrogens (tertiary/aromatic N) is 3.